The van der Waals surface area contributed by atoms with E-state index in [0.717, 1.165) is 10.9 Å². The van der Waals surface area contributed by atoms with Gasteiger partial charge < -0.3 is 4.90 Å². The van der Waals surface area contributed by atoms with Crippen LogP contribution in [0.15, 0.2) is 102 Å². The topological polar surface area (TPSA) is 20.3 Å². The molecule has 0 bridgehead atoms. The van der Waals surface area contributed by atoms with Gasteiger partial charge in [-0.05, 0) is 41.2 Å². The van der Waals surface area contributed by atoms with Crippen LogP contribution in [0.1, 0.15) is 35.1 Å². The molecule has 3 heteroatoms. The van der Waals surface area contributed by atoms with Crippen molar-refractivity contribution in [1.82, 2.24) is 4.90 Å². The number of nitrogens with zero attached hydrogens (tertiary/aromatic N) is 1. The predicted molar refractivity (Wildman–Crippen MR) is 124 cm³/mol. The number of amides is 1. The first-order valence-electron chi connectivity index (χ1n) is 10.5. The van der Waals surface area contributed by atoms with Crippen molar-refractivity contribution < 1.29 is 4.79 Å². The maximum atomic E-state index is 13.9. The van der Waals surface area contributed by atoms with Crippen molar-refractivity contribution in [2.75, 3.05) is 0 Å². The van der Waals surface area contributed by atoms with Gasteiger partial charge in [-0.3, -0.25) is 4.79 Å². The lowest BCUT2D eigenvalue weighted by Gasteiger charge is -2.31. The Labute approximate surface area is 186 Å². The van der Waals surface area contributed by atoms with E-state index in [1.807, 2.05) is 30.3 Å². The monoisotopic (exact) mass is 457 g/mol. The van der Waals surface area contributed by atoms with E-state index in [-0.39, 0.29) is 29.7 Å². The summed E-state index contributed by atoms with van der Waals surface area (Å²) < 4.78 is 1.05. The second kappa shape index (κ2) is 8.23. The van der Waals surface area contributed by atoms with Crippen molar-refractivity contribution in [2.24, 2.45) is 11.8 Å². The molecule has 30 heavy (non-hydrogen) atoms. The molecule has 2 nitrogen and oxygen atoms in total. The van der Waals surface area contributed by atoms with E-state index in [4.69, 9.17) is 0 Å². The summed E-state index contributed by atoms with van der Waals surface area (Å²) in [6.07, 6.45) is 5.49. The van der Waals surface area contributed by atoms with Crippen molar-refractivity contribution in [2.45, 2.75) is 24.9 Å². The zero-order valence-electron chi connectivity index (χ0n) is 16.7. The average molecular weight is 458 g/mol. The molecule has 0 N–H and O–H groups in total. The average Bonchev–Trinajstić information content (AvgIpc) is 3.07. The fraction of sp³-hybridized carbons (Fsp3) is 0.222. The van der Waals surface area contributed by atoms with Crippen molar-refractivity contribution in [3.05, 3.63) is 118 Å². The van der Waals surface area contributed by atoms with Crippen LogP contribution >= 0.6 is 15.9 Å². The third-order valence-corrected chi connectivity index (χ3v) is 6.97. The van der Waals surface area contributed by atoms with Crippen LogP contribution < -0.4 is 0 Å². The SMILES string of the molecule is O=C1C2C(c3ccccc3)CC=CC2[C@H](c2cccc(Br)c2)N1Cc1ccccc1. The van der Waals surface area contributed by atoms with E-state index in [1.54, 1.807) is 0 Å². The molecule has 1 aliphatic heterocycles. The summed E-state index contributed by atoms with van der Waals surface area (Å²) in [6, 6.07) is 29.3. The fourth-order valence-corrected chi connectivity index (χ4v) is 5.60. The molecule has 1 saturated heterocycles. The number of carbonyl (C=O) groups excluding carboxylic acids is 1. The summed E-state index contributed by atoms with van der Waals surface area (Å²) >= 11 is 3.63. The molecule has 0 spiro atoms. The zero-order valence-corrected chi connectivity index (χ0v) is 18.3. The van der Waals surface area contributed by atoms with E-state index in [9.17, 15) is 4.79 Å². The van der Waals surface area contributed by atoms with Crippen LogP contribution in [0.2, 0.25) is 0 Å². The van der Waals surface area contributed by atoms with Gasteiger partial charge in [-0.25, -0.2) is 0 Å². The molecule has 3 aromatic carbocycles. The van der Waals surface area contributed by atoms with Gasteiger partial charge in [0.2, 0.25) is 5.91 Å². The second-order valence-corrected chi connectivity index (χ2v) is 9.15. The molecule has 0 radical (unpaired) electrons. The summed E-state index contributed by atoms with van der Waals surface area (Å²) in [7, 11) is 0. The molecular weight excluding hydrogens is 434 g/mol. The van der Waals surface area contributed by atoms with Gasteiger partial charge >= 0.3 is 0 Å². The van der Waals surface area contributed by atoms with Gasteiger partial charge in [0.1, 0.15) is 0 Å². The van der Waals surface area contributed by atoms with Crippen molar-refractivity contribution in [3.8, 4) is 0 Å². The largest absolute Gasteiger partial charge is 0.330 e. The highest BCUT2D eigenvalue weighted by Crippen LogP contribution is 2.52. The number of hydrogen-bond donors (Lipinski definition) is 0. The van der Waals surface area contributed by atoms with Crippen LogP contribution in [-0.4, -0.2) is 10.8 Å². The summed E-state index contributed by atoms with van der Waals surface area (Å²) in [5.74, 6) is 0.649. The molecule has 4 atom stereocenters. The van der Waals surface area contributed by atoms with Crippen LogP contribution in [0.25, 0.3) is 0 Å². The minimum absolute atomic E-state index is 0.0231. The normalized spacial score (nSPS) is 25.4. The van der Waals surface area contributed by atoms with E-state index in [2.05, 4.69) is 87.6 Å². The van der Waals surface area contributed by atoms with Crippen molar-refractivity contribution in [3.63, 3.8) is 0 Å². The Hall–Kier alpha value is -2.65. The van der Waals surface area contributed by atoms with Gasteiger partial charge in [-0.2, -0.15) is 0 Å². The molecule has 0 aromatic heterocycles. The first-order valence-corrected chi connectivity index (χ1v) is 11.3. The molecule has 5 rings (SSSR count). The Morgan fingerprint density at radius 1 is 0.867 bits per heavy atom. The van der Waals surface area contributed by atoms with Crippen LogP contribution in [-0.2, 0) is 11.3 Å². The van der Waals surface area contributed by atoms with Gasteiger partial charge in [0, 0.05) is 16.9 Å². The van der Waals surface area contributed by atoms with Gasteiger partial charge in [0.05, 0.1) is 12.0 Å². The van der Waals surface area contributed by atoms with Crippen molar-refractivity contribution in [1.29, 1.82) is 0 Å². The molecular formula is C27H24BrNO. The maximum Gasteiger partial charge on any atom is 0.227 e. The van der Waals surface area contributed by atoms with Crippen LogP contribution in [0.5, 0.6) is 0 Å². The summed E-state index contributed by atoms with van der Waals surface area (Å²) in [5, 5.41) is 0. The Morgan fingerprint density at radius 3 is 2.30 bits per heavy atom. The van der Waals surface area contributed by atoms with Gasteiger partial charge in [-0.15, -0.1) is 0 Å². The Bertz CT molecular complexity index is 1060. The van der Waals surface area contributed by atoms with Crippen LogP contribution in [0.3, 0.4) is 0 Å². The fourth-order valence-electron chi connectivity index (χ4n) is 5.18. The number of fused-ring (bicyclic) bond motifs is 1. The smallest absolute Gasteiger partial charge is 0.227 e. The molecule has 3 aromatic rings. The highest BCUT2D eigenvalue weighted by Gasteiger charge is 2.51. The number of benzene rings is 3. The molecule has 3 unspecified atom stereocenters. The van der Waals surface area contributed by atoms with Crippen LogP contribution in [0.4, 0.5) is 0 Å². The standard InChI is InChI=1S/C27H24BrNO/c28-22-14-7-13-21(17-22)26-24-16-8-15-23(20-11-5-2-6-12-20)25(24)27(30)29(26)18-19-9-3-1-4-10-19/h1-14,16-17,23-26H,15,18H2/t23?,24?,25?,26-/m0/s1. The number of rotatable bonds is 4. The van der Waals surface area contributed by atoms with E-state index < -0.39 is 0 Å². The molecule has 1 heterocycles. The number of likely N-dealkylation sites (tertiary alicyclic amines) is 1. The minimum atomic E-state index is -0.0231. The third kappa shape index (κ3) is 3.52. The maximum absolute atomic E-state index is 13.9. The first kappa shape index (κ1) is 19.3. The lowest BCUT2D eigenvalue weighted by atomic mass is 9.71. The summed E-state index contributed by atoms with van der Waals surface area (Å²) in [4.78, 5) is 16.0. The van der Waals surface area contributed by atoms with Gasteiger partial charge in [0.15, 0.2) is 0 Å². The predicted octanol–water partition coefficient (Wildman–Crippen LogP) is 6.51. The minimum Gasteiger partial charge on any atom is -0.330 e. The number of hydrogen-bond acceptors (Lipinski definition) is 1. The highest BCUT2D eigenvalue weighted by molar-refractivity contribution is 9.10. The Kier molecular flexibility index (Phi) is 5.30. The van der Waals surface area contributed by atoms with Crippen LogP contribution in [0, 0.1) is 11.8 Å². The molecule has 0 saturated carbocycles. The Balaban J connectivity index is 1.58. The van der Waals surface area contributed by atoms with E-state index in [0.29, 0.717) is 6.54 Å². The zero-order chi connectivity index (χ0) is 20.5. The van der Waals surface area contributed by atoms with E-state index in [1.165, 1.54) is 16.7 Å². The molecule has 1 aliphatic carbocycles. The lowest BCUT2D eigenvalue weighted by Crippen LogP contribution is -2.30. The van der Waals surface area contributed by atoms with Crippen molar-refractivity contribution >= 4 is 21.8 Å². The number of halogens is 1. The molecule has 2 aliphatic rings. The summed E-state index contributed by atoms with van der Waals surface area (Å²) in [5.41, 5.74) is 3.63. The molecule has 150 valence electrons. The highest BCUT2D eigenvalue weighted by atomic mass is 79.9. The lowest BCUT2D eigenvalue weighted by molar-refractivity contribution is -0.133. The van der Waals surface area contributed by atoms with E-state index >= 15 is 0 Å². The third-order valence-electron chi connectivity index (χ3n) is 6.48. The Morgan fingerprint density at radius 2 is 1.57 bits per heavy atom. The second-order valence-electron chi connectivity index (χ2n) is 8.24. The first-order chi connectivity index (χ1) is 14.7. The molecule has 1 amide bonds. The summed E-state index contributed by atoms with van der Waals surface area (Å²) in [6.45, 7) is 0.638. The van der Waals surface area contributed by atoms with Gasteiger partial charge in [0.25, 0.3) is 0 Å². The van der Waals surface area contributed by atoms with Gasteiger partial charge in [-0.1, -0.05) is 101 Å². The quantitative estimate of drug-likeness (QED) is 0.408. The molecule has 1 fully saturated rings. The number of allylic oxidation sites excluding steroid dienone is 1. The number of carbonyl (C=O) groups is 1.